The van der Waals surface area contributed by atoms with Crippen LogP contribution in [0.1, 0.15) is 18.2 Å². The average molecular weight is 336 g/mol. The Hall–Kier alpha value is -1.80. The molecule has 0 bridgehead atoms. The minimum absolute atomic E-state index is 0.105. The van der Waals surface area contributed by atoms with E-state index >= 15 is 0 Å². The zero-order valence-electron chi connectivity index (χ0n) is 11.7. The molecule has 9 heteroatoms. The fraction of sp³-hybridized carbons (Fsp3) is 0.385. The smallest absolute Gasteiger partial charge is 0.433 e. The van der Waals surface area contributed by atoms with Crippen LogP contribution in [-0.2, 0) is 15.7 Å². The molecule has 1 aliphatic heterocycles. The van der Waals surface area contributed by atoms with Crippen LogP contribution in [0.4, 0.5) is 13.2 Å². The average Bonchev–Trinajstić information content (AvgIpc) is 2.80. The Morgan fingerprint density at radius 2 is 2.23 bits per heavy atom. The number of alkyl halides is 3. The molecule has 120 valence electrons. The minimum atomic E-state index is -4.57. The lowest BCUT2D eigenvalue weighted by Gasteiger charge is -2.19. The molecule has 0 saturated carbocycles. The highest BCUT2D eigenvalue weighted by atomic mass is 35.5. The molecule has 1 aromatic rings. The number of pyridine rings is 1. The van der Waals surface area contributed by atoms with Gasteiger partial charge in [-0.15, -0.1) is 0 Å². The van der Waals surface area contributed by atoms with Crippen molar-refractivity contribution >= 4 is 23.3 Å². The summed E-state index contributed by atoms with van der Waals surface area (Å²) < 4.78 is 42.6. The SMILES string of the molecule is CCOC(=O)C1C=C(c2cnc(C(F)(F)F)cc2Cl)N(C)N1. The molecule has 2 heterocycles. The molecule has 0 saturated heterocycles. The summed E-state index contributed by atoms with van der Waals surface area (Å²) in [5.74, 6) is -0.486. The van der Waals surface area contributed by atoms with Crippen LogP contribution >= 0.6 is 11.6 Å². The van der Waals surface area contributed by atoms with Gasteiger partial charge in [0, 0.05) is 18.8 Å². The Kier molecular flexibility index (Phi) is 4.62. The maximum absolute atomic E-state index is 12.6. The summed E-state index contributed by atoms with van der Waals surface area (Å²) in [6, 6.07) is 0.0294. The summed E-state index contributed by atoms with van der Waals surface area (Å²) in [7, 11) is 1.61. The van der Waals surface area contributed by atoms with Crippen LogP contribution in [0.2, 0.25) is 5.02 Å². The number of nitrogens with zero attached hydrogens (tertiary/aromatic N) is 2. The third-order valence-electron chi connectivity index (χ3n) is 2.98. The first-order chi connectivity index (χ1) is 10.2. The molecular weight excluding hydrogens is 323 g/mol. The predicted octanol–water partition coefficient (Wildman–Crippen LogP) is 2.48. The first kappa shape index (κ1) is 16.6. The van der Waals surface area contributed by atoms with Crippen molar-refractivity contribution in [3.8, 4) is 0 Å². The molecule has 22 heavy (non-hydrogen) atoms. The van der Waals surface area contributed by atoms with Crippen LogP contribution in [0.15, 0.2) is 18.3 Å². The number of hydrogen-bond acceptors (Lipinski definition) is 5. The predicted molar refractivity (Wildman–Crippen MR) is 73.5 cm³/mol. The first-order valence-electron chi connectivity index (χ1n) is 6.35. The van der Waals surface area contributed by atoms with Gasteiger partial charge in [-0.3, -0.25) is 4.98 Å². The lowest BCUT2D eigenvalue weighted by atomic mass is 10.1. The molecule has 1 unspecified atom stereocenters. The molecular formula is C13H13ClF3N3O2. The number of rotatable bonds is 3. The Morgan fingerprint density at radius 3 is 2.77 bits per heavy atom. The maximum atomic E-state index is 12.6. The van der Waals surface area contributed by atoms with Gasteiger partial charge in [-0.1, -0.05) is 11.6 Å². The summed E-state index contributed by atoms with van der Waals surface area (Å²) in [6.45, 7) is 1.91. The number of hydrogen-bond donors (Lipinski definition) is 1. The first-order valence-corrected chi connectivity index (χ1v) is 6.73. The number of ether oxygens (including phenoxy) is 1. The van der Waals surface area contributed by atoms with Crippen molar-refractivity contribution in [2.75, 3.05) is 13.7 Å². The van der Waals surface area contributed by atoms with E-state index in [-0.39, 0.29) is 17.2 Å². The Labute approximate surface area is 129 Å². The quantitative estimate of drug-likeness (QED) is 0.860. The van der Waals surface area contributed by atoms with Gasteiger partial charge in [0.05, 0.1) is 17.3 Å². The molecule has 0 radical (unpaired) electrons. The van der Waals surface area contributed by atoms with Crippen molar-refractivity contribution in [2.24, 2.45) is 0 Å². The standard InChI is InChI=1S/C13H13ClF3N3O2/c1-3-22-12(21)9-5-10(20(2)19-9)7-6-18-11(4-8(7)14)13(15,16)17/h4-6,9,19H,3H2,1-2H3. The van der Waals surface area contributed by atoms with E-state index in [1.807, 2.05) is 0 Å². The van der Waals surface area contributed by atoms with E-state index in [9.17, 15) is 18.0 Å². The Balaban J connectivity index is 2.31. The number of carbonyl (C=O) groups is 1. The second-order valence-electron chi connectivity index (χ2n) is 4.52. The summed E-state index contributed by atoms with van der Waals surface area (Å²) in [4.78, 5) is 15.1. The third-order valence-corrected chi connectivity index (χ3v) is 3.29. The lowest BCUT2D eigenvalue weighted by Crippen LogP contribution is -2.39. The summed E-state index contributed by atoms with van der Waals surface area (Å²) >= 11 is 5.92. The number of aromatic nitrogens is 1. The Morgan fingerprint density at radius 1 is 1.55 bits per heavy atom. The molecule has 0 fully saturated rings. The highest BCUT2D eigenvalue weighted by Gasteiger charge is 2.34. The number of carbonyl (C=O) groups excluding carboxylic acids is 1. The van der Waals surface area contributed by atoms with E-state index < -0.39 is 23.9 Å². The third kappa shape index (κ3) is 3.33. The van der Waals surface area contributed by atoms with Gasteiger partial charge in [0.15, 0.2) is 0 Å². The van der Waals surface area contributed by atoms with Crippen LogP contribution in [0.5, 0.6) is 0 Å². The molecule has 0 amide bonds. The minimum Gasteiger partial charge on any atom is -0.465 e. The van der Waals surface area contributed by atoms with E-state index in [1.165, 1.54) is 11.1 Å². The van der Waals surface area contributed by atoms with Crippen LogP contribution < -0.4 is 5.43 Å². The molecule has 1 aromatic heterocycles. The van der Waals surface area contributed by atoms with Gasteiger partial charge < -0.3 is 9.75 Å². The number of esters is 1. The van der Waals surface area contributed by atoms with Crippen molar-refractivity contribution in [1.82, 2.24) is 15.4 Å². The second kappa shape index (κ2) is 6.13. The largest absolute Gasteiger partial charge is 0.465 e. The van der Waals surface area contributed by atoms with Crippen LogP contribution in [0.25, 0.3) is 5.70 Å². The van der Waals surface area contributed by atoms with Crippen molar-refractivity contribution in [1.29, 1.82) is 0 Å². The summed E-state index contributed by atoms with van der Waals surface area (Å²) in [6.07, 6.45) is -2.01. The summed E-state index contributed by atoms with van der Waals surface area (Å²) in [5, 5.41) is 1.38. The van der Waals surface area contributed by atoms with Crippen molar-refractivity contribution < 1.29 is 22.7 Å². The van der Waals surface area contributed by atoms with E-state index in [2.05, 4.69) is 10.4 Å². The molecule has 5 nitrogen and oxygen atoms in total. The van der Waals surface area contributed by atoms with Crippen molar-refractivity contribution in [3.05, 3.63) is 34.6 Å². The molecule has 1 aliphatic rings. The number of nitrogens with one attached hydrogen (secondary N) is 1. The van der Waals surface area contributed by atoms with Crippen LogP contribution in [0, 0.1) is 0 Å². The molecule has 2 rings (SSSR count). The van der Waals surface area contributed by atoms with E-state index in [1.54, 1.807) is 14.0 Å². The van der Waals surface area contributed by atoms with Crippen molar-refractivity contribution in [3.63, 3.8) is 0 Å². The fourth-order valence-electron chi connectivity index (χ4n) is 1.98. The lowest BCUT2D eigenvalue weighted by molar-refractivity contribution is -0.145. The van der Waals surface area contributed by atoms with Crippen LogP contribution in [-0.4, -0.2) is 35.7 Å². The van der Waals surface area contributed by atoms with Crippen LogP contribution in [0.3, 0.4) is 0 Å². The van der Waals surface area contributed by atoms with Gasteiger partial charge >= 0.3 is 12.1 Å². The monoisotopic (exact) mass is 335 g/mol. The topological polar surface area (TPSA) is 54.5 Å². The molecule has 0 aliphatic carbocycles. The van der Waals surface area contributed by atoms with E-state index in [4.69, 9.17) is 16.3 Å². The molecule has 1 atom stereocenters. The highest BCUT2D eigenvalue weighted by Crippen LogP contribution is 2.33. The van der Waals surface area contributed by atoms with Gasteiger partial charge in [-0.25, -0.2) is 10.2 Å². The fourth-order valence-corrected chi connectivity index (χ4v) is 2.23. The molecule has 0 spiro atoms. The van der Waals surface area contributed by atoms with Gasteiger partial charge in [0.2, 0.25) is 0 Å². The molecule has 1 N–H and O–H groups in total. The second-order valence-corrected chi connectivity index (χ2v) is 4.92. The van der Waals surface area contributed by atoms with Gasteiger partial charge in [-0.2, -0.15) is 13.2 Å². The molecule has 0 aromatic carbocycles. The zero-order chi connectivity index (χ0) is 16.5. The Bertz CT molecular complexity index is 619. The number of hydrazine groups is 1. The summed E-state index contributed by atoms with van der Waals surface area (Å²) in [5.41, 5.74) is 2.48. The van der Waals surface area contributed by atoms with E-state index in [0.717, 1.165) is 12.3 Å². The van der Waals surface area contributed by atoms with Gasteiger partial charge in [0.25, 0.3) is 0 Å². The van der Waals surface area contributed by atoms with Gasteiger partial charge in [0.1, 0.15) is 11.7 Å². The highest BCUT2D eigenvalue weighted by molar-refractivity contribution is 6.32. The van der Waals surface area contributed by atoms with E-state index in [0.29, 0.717) is 5.70 Å². The normalized spacial score (nSPS) is 18.4. The maximum Gasteiger partial charge on any atom is 0.433 e. The van der Waals surface area contributed by atoms with Gasteiger partial charge in [-0.05, 0) is 19.1 Å². The van der Waals surface area contributed by atoms with Crippen molar-refractivity contribution in [2.45, 2.75) is 19.1 Å². The zero-order valence-corrected chi connectivity index (χ0v) is 12.5. The number of halogens is 4.